The van der Waals surface area contributed by atoms with E-state index in [1.54, 1.807) is 16.9 Å². The van der Waals surface area contributed by atoms with Crippen molar-refractivity contribution in [2.24, 2.45) is 0 Å². The van der Waals surface area contributed by atoms with Gasteiger partial charge in [-0.25, -0.2) is 9.37 Å². The SMILES string of the molecule is Fc1ccc(-c2ncsc2CCN2CCC(=Cc3ccccc3)CC2)cc1. The number of aromatic nitrogens is 1. The predicted molar refractivity (Wildman–Crippen MR) is 111 cm³/mol. The summed E-state index contributed by atoms with van der Waals surface area (Å²) in [6, 6.07) is 17.2. The van der Waals surface area contributed by atoms with Gasteiger partial charge in [-0.2, -0.15) is 0 Å². The number of benzene rings is 2. The largest absolute Gasteiger partial charge is 0.302 e. The second-order valence-electron chi connectivity index (χ2n) is 6.94. The predicted octanol–water partition coefficient (Wildman–Crippen LogP) is 5.67. The number of likely N-dealkylation sites (tertiary alicyclic amines) is 1. The molecule has 0 aliphatic carbocycles. The Labute approximate surface area is 164 Å². The third-order valence-electron chi connectivity index (χ3n) is 5.08. The highest BCUT2D eigenvalue weighted by Gasteiger charge is 2.15. The molecule has 0 bridgehead atoms. The molecule has 0 unspecified atom stereocenters. The van der Waals surface area contributed by atoms with Crippen molar-refractivity contribution in [3.8, 4) is 11.3 Å². The van der Waals surface area contributed by atoms with Crippen molar-refractivity contribution < 1.29 is 4.39 Å². The molecule has 4 heteroatoms. The van der Waals surface area contributed by atoms with Crippen molar-refractivity contribution in [2.45, 2.75) is 19.3 Å². The third kappa shape index (κ3) is 4.71. The lowest BCUT2D eigenvalue weighted by atomic mass is 10.0. The molecule has 4 rings (SSSR count). The van der Waals surface area contributed by atoms with Crippen LogP contribution in [0.25, 0.3) is 17.3 Å². The maximum atomic E-state index is 13.2. The number of hydrogen-bond donors (Lipinski definition) is 0. The average molecular weight is 379 g/mol. The fourth-order valence-electron chi connectivity index (χ4n) is 3.54. The lowest BCUT2D eigenvalue weighted by molar-refractivity contribution is 0.261. The standard InChI is InChI=1S/C23H23FN2S/c24-21-8-6-20(7-9-21)23-22(27-17-25-23)12-15-26-13-10-19(11-14-26)16-18-4-2-1-3-5-18/h1-9,16-17H,10-15H2. The first-order valence-corrected chi connectivity index (χ1v) is 10.3. The minimum atomic E-state index is -0.205. The van der Waals surface area contributed by atoms with E-state index in [0.717, 1.165) is 50.2 Å². The second-order valence-corrected chi connectivity index (χ2v) is 7.88. The molecule has 1 aromatic heterocycles. The Morgan fingerprint density at radius 1 is 1.00 bits per heavy atom. The zero-order valence-electron chi connectivity index (χ0n) is 15.3. The summed E-state index contributed by atoms with van der Waals surface area (Å²) in [5, 5.41) is 0. The fourth-order valence-corrected chi connectivity index (χ4v) is 4.32. The highest BCUT2D eigenvalue weighted by Crippen LogP contribution is 2.27. The van der Waals surface area contributed by atoms with Crippen molar-refractivity contribution in [2.75, 3.05) is 19.6 Å². The summed E-state index contributed by atoms with van der Waals surface area (Å²) in [5.41, 5.74) is 6.74. The van der Waals surface area contributed by atoms with E-state index in [9.17, 15) is 4.39 Å². The minimum Gasteiger partial charge on any atom is -0.302 e. The molecule has 0 spiro atoms. The van der Waals surface area contributed by atoms with E-state index in [0.29, 0.717) is 0 Å². The maximum absolute atomic E-state index is 13.2. The maximum Gasteiger partial charge on any atom is 0.123 e. The van der Waals surface area contributed by atoms with Crippen molar-refractivity contribution >= 4 is 17.4 Å². The van der Waals surface area contributed by atoms with Crippen LogP contribution in [0.3, 0.4) is 0 Å². The summed E-state index contributed by atoms with van der Waals surface area (Å²) in [7, 11) is 0. The van der Waals surface area contributed by atoms with Crippen LogP contribution >= 0.6 is 11.3 Å². The third-order valence-corrected chi connectivity index (χ3v) is 5.98. The van der Waals surface area contributed by atoms with Gasteiger partial charge in [0, 0.05) is 30.1 Å². The Hall–Kier alpha value is -2.30. The Morgan fingerprint density at radius 2 is 1.74 bits per heavy atom. The highest BCUT2D eigenvalue weighted by molar-refractivity contribution is 7.10. The highest BCUT2D eigenvalue weighted by atomic mass is 32.1. The van der Waals surface area contributed by atoms with Gasteiger partial charge in [0.2, 0.25) is 0 Å². The summed E-state index contributed by atoms with van der Waals surface area (Å²) in [5.74, 6) is -0.205. The van der Waals surface area contributed by atoms with Crippen molar-refractivity contribution in [3.05, 3.63) is 81.9 Å². The van der Waals surface area contributed by atoms with Crippen LogP contribution in [0.2, 0.25) is 0 Å². The van der Waals surface area contributed by atoms with Gasteiger partial charge in [-0.05, 0) is 49.1 Å². The molecule has 1 fully saturated rings. The average Bonchev–Trinajstić information content (AvgIpc) is 3.17. The lowest BCUT2D eigenvalue weighted by Gasteiger charge is -2.28. The van der Waals surface area contributed by atoms with Gasteiger partial charge < -0.3 is 4.90 Å². The van der Waals surface area contributed by atoms with Crippen molar-refractivity contribution in [1.29, 1.82) is 0 Å². The molecule has 0 saturated carbocycles. The van der Waals surface area contributed by atoms with Crippen LogP contribution in [0.1, 0.15) is 23.3 Å². The Balaban J connectivity index is 1.33. The van der Waals surface area contributed by atoms with Gasteiger partial charge >= 0.3 is 0 Å². The molecule has 27 heavy (non-hydrogen) atoms. The van der Waals surface area contributed by atoms with E-state index in [-0.39, 0.29) is 5.82 Å². The molecule has 0 atom stereocenters. The Kier molecular flexibility index (Phi) is 5.75. The number of piperidine rings is 1. The van der Waals surface area contributed by atoms with E-state index in [1.807, 2.05) is 17.6 Å². The second kappa shape index (κ2) is 8.59. The van der Waals surface area contributed by atoms with E-state index in [1.165, 1.54) is 22.6 Å². The molecule has 1 aliphatic heterocycles. The monoisotopic (exact) mass is 378 g/mol. The molecule has 0 radical (unpaired) electrons. The molecule has 0 N–H and O–H groups in total. The van der Waals surface area contributed by atoms with Gasteiger partial charge in [0.1, 0.15) is 5.82 Å². The zero-order chi connectivity index (χ0) is 18.5. The summed E-state index contributed by atoms with van der Waals surface area (Å²) in [6.45, 7) is 3.28. The first kappa shape index (κ1) is 18.1. The molecule has 0 amide bonds. The smallest absolute Gasteiger partial charge is 0.123 e. The topological polar surface area (TPSA) is 16.1 Å². The first-order valence-electron chi connectivity index (χ1n) is 9.43. The number of thiazole rings is 1. The van der Waals surface area contributed by atoms with Crippen LogP contribution in [0.15, 0.2) is 65.7 Å². The van der Waals surface area contributed by atoms with Crippen molar-refractivity contribution in [1.82, 2.24) is 9.88 Å². The van der Waals surface area contributed by atoms with Crippen LogP contribution in [0, 0.1) is 5.82 Å². The van der Waals surface area contributed by atoms with E-state index >= 15 is 0 Å². The normalized spacial score (nSPS) is 15.1. The van der Waals surface area contributed by atoms with Gasteiger partial charge in [-0.3, -0.25) is 0 Å². The number of halogens is 1. The van der Waals surface area contributed by atoms with Crippen LogP contribution in [-0.2, 0) is 6.42 Å². The summed E-state index contributed by atoms with van der Waals surface area (Å²) < 4.78 is 13.2. The molecule has 2 aromatic carbocycles. The molecular weight excluding hydrogens is 355 g/mol. The van der Waals surface area contributed by atoms with E-state index in [4.69, 9.17) is 0 Å². The number of rotatable bonds is 5. The summed E-state index contributed by atoms with van der Waals surface area (Å²) in [6.07, 6.45) is 5.62. The van der Waals surface area contributed by atoms with Gasteiger partial charge in [-0.15, -0.1) is 11.3 Å². The first-order chi connectivity index (χ1) is 13.3. The van der Waals surface area contributed by atoms with Crippen LogP contribution in [-0.4, -0.2) is 29.5 Å². The minimum absolute atomic E-state index is 0.205. The molecular formula is C23H23FN2S. The van der Waals surface area contributed by atoms with E-state index in [2.05, 4.69) is 46.3 Å². The van der Waals surface area contributed by atoms with Crippen LogP contribution in [0.5, 0.6) is 0 Å². The zero-order valence-corrected chi connectivity index (χ0v) is 16.1. The molecule has 2 nitrogen and oxygen atoms in total. The molecule has 3 aromatic rings. The molecule has 138 valence electrons. The van der Waals surface area contributed by atoms with Gasteiger partial charge in [-0.1, -0.05) is 42.0 Å². The number of nitrogens with zero attached hydrogens (tertiary/aromatic N) is 2. The fraction of sp³-hybridized carbons (Fsp3) is 0.261. The van der Waals surface area contributed by atoms with Crippen LogP contribution < -0.4 is 0 Å². The van der Waals surface area contributed by atoms with E-state index < -0.39 is 0 Å². The van der Waals surface area contributed by atoms with Gasteiger partial charge in [0.05, 0.1) is 11.2 Å². The Bertz CT molecular complexity index is 890. The number of hydrogen-bond acceptors (Lipinski definition) is 3. The van der Waals surface area contributed by atoms with Gasteiger partial charge in [0.25, 0.3) is 0 Å². The van der Waals surface area contributed by atoms with Crippen LogP contribution in [0.4, 0.5) is 4.39 Å². The Morgan fingerprint density at radius 3 is 2.48 bits per heavy atom. The quantitative estimate of drug-likeness (QED) is 0.568. The van der Waals surface area contributed by atoms with Crippen molar-refractivity contribution in [3.63, 3.8) is 0 Å². The molecule has 1 aliphatic rings. The lowest BCUT2D eigenvalue weighted by Crippen LogP contribution is -2.32. The molecule has 1 saturated heterocycles. The summed E-state index contributed by atoms with van der Waals surface area (Å²) >= 11 is 1.70. The molecule has 2 heterocycles. The van der Waals surface area contributed by atoms with Gasteiger partial charge in [0.15, 0.2) is 0 Å². The summed E-state index contributed by atoms with van der Waals surface area (Å²) in [4.78, 5) is 8.33.